The van der Waals surface area contributed by atoms with Crippen molar-refractivity contribution >= 4 is 17.4 Å². The van der Waals surface area contributed by atoms with E-state index in [2.05, 4.69) is 53.0 Å². The molecule has 1 amide bonds. The van der Waals surface area contributed by atoms with Crippen LogP contribution in [0.4, 0.5) is 0 Å². The number of amides is 1. The molecule has 1 aliphatic carbocycles. The van der Waals surface area contributed by atoms with Crippen LogP contribution in [0.5, 0.6) is 0 Å². The summed E-state index contributed by atoms with van der Waals surface area (Å²) >= 11 is 0. The molecule has 0 unspecified atom stereocenters. The van der Waals surface area contributed by atoms with Crippen LogP contribution in [-0.2, 0) is 4.79 Å². The number of benzene rings is 1. The number of guanidine groups is 1. The number of carbonyl (C=O) groups is 1. The molecule has 2 heterocycles. The SMILES string of the molecule is C=C(/C=C(\C=C/C)[C@@]1(C)NC(=N)N(C)C(=O)[C@@H]1c1ccc(C2CC2)cc1)c1cncc(C#CC)c1. The molecule has 1 saturated carbocycles. The summed E-state index contributed by atoms with van der Waals surface area (Å²) in [7, 11) is 1.65. The molecule has 0 bridgehead atoms. The fraction of sp³-hybridized carbons (Fsp3) is 0.300. The number of hydrogen-bond acceptors (Lipinski definition) is 3. The molecule has 1 aromatic heterocycles. The Kier molecular flexibility index (Phi) is 6.75. The van der Waals surface area contributed by atoms with E-state index >= 15 is 0 Å². The lowest BCUT2D eigenvalue weighted by molar-refractivity contribution is -0.130. The number of likely N-dealkylation sites (N-methyl/N-ethyl adjacent to an activating group) is 1. The van der Waals surface area contributed by atoms with Crippen LogP contribution in [0.15, 0.2) is 73.1 Å². The molecule has 4 rings (SSSR count). The molecule has 2 N–H and O–H groups in total. The lowest BCUT2D eigenvalue weighted by Gasteiger charge is -2.46. The Morgan fingerprint density at radius 2 is 1.94 bits per heavy atom. The minimum absolute atomic E-state index is 0.0752. The molecule has 5 heteroatoms. The van der Waals surface area contributed by atoms with E-state index in [0.29, 0.717) is 5.92 Å². The van der Waals surface area contributed by atoms with Crippen molar-refractivity contribution in [1.82, 2.24) is 15.2 Å². The van der Waals surface area contributed by atoms with E-state index in [4.69, 9.17) is 5.41 Å². The molecule has 1 aliphatic heterocycles. The smallest absolute Gasteiger partial charge is 0.239 e. The van der Waals surface area contributed by atoms with Crippen molar-refractivity contribution in [3.05, 3.63) is 95.4 Å². The molecule has 0 spiro atoms. The van der Waals surface area contributed by atoms with Gasteiger partial charge in [-0.25, -0.2) is 0 Å². The zero-order valence-electron chi connectivity index (χ0n) is 20.9. The summed E-state index contributed by atoms with van der Waals surface area (Å²) in [4.78, 5) is 19.3. The van der Waals surface area contributed by atoms with Crippen LogP contribution < -0.4 is 5.32 Å². The van der Waals surface area contributed by atoms with E-state index in [0.717, 1.165) is 27.8 Å². The topological polar surface area (TPSA) is 69.1 Å². The van der Waals surface area contributed by atoms with Crippen molar-refractivity contribution in [3.63, 3.8) is 0 Å². The van der Waals surface area contributed by atoms with Crippen molar-refractivity contribution in [2.24, 2.45) is 0 Å². The number of hydrogen-bond donors (Lipinski definition) is 2. The van der Waals surface area contributed by atoms with Crippen LogP contribution in [0.2, 0.25) is 0 Å². The third kappa shape index (κ3) is 4.83. The van der Waals surface area contributed by atoms with Gasteiger partial charge in [0.25, 0.3) is 0 Å². The fourth-order valence-electron chi connectivity index (χ4n) is 4.69. The van der Waals surface area contributed by atoms with Gasteiger partial charge in [0.15, 0.2) is 5.96 Å². The van der Waals surface area contributed by atoms with Crippen molar-refractivity contribution in [3.8, 4) is 11.8 Å². The summed E-state index contributed by atoms with van der Waals surface area (Å²) < 4.78 is 0. The van der Waals surface area contributed by atoms with Gasteiger partial charge >= 0.3 is 0 Å². The van der Waals surface area contributed by atoms with Crippen LogP contribution in [-0.4, -0.2) is 34.3 Å². The van der Waals surface area contributed by atoms with Gasteiger partial charge in [-0.15, -0.1) is 5.92 Å². The highest BCUT2D eigenvalue weighted by atomic mass is 16.2. The number of allylic oxidation sites excluding steroid dienone is 3. The lowest BCUT2D eigenvalue weighted by Crippen LogP contribution is -2.65. The predicted molar refractivity (Wildman–Crippen MR) is 142 cm³/mol. The van der Waals surface area contributed by atoms with Gasteiger partial charge < -0.3 is 5.32 Å². The Bertz CT molecular complexity index is 1290. The van der Waals surface area contributed by atoms with Gasteiger partial charge in [-0.1, -0.05) is 48.9 Å². The maximum atomic E-state index is 13.6. The number of nitrogens with zero attached hydrogens (tertiary/aromatic N) is 2. The summed E-state index contributed by atoms with van der Waals surface area (Å²) in [5.41, 5.74) is 4.70. The second-order valence-electron chi connectivity index (χ2n) is 9.41. The monoisotopic (exact) mass is 464 g/mol. The maximum Gasteiger partial charge on any atom is 0.239 e. The van der Waals surface area contributed by atoms with Crippen LogP contribution in [0.3, 0.4) is 0 Å². The van der Waals surface area contributed by atoms with E-state index in [9.17, 15) is 4.79 Å². The van der Waals surface area contributed by atoms with E-state index in [1.807, 2.05) is 38.1 Å². The average Bonchev–Trinajstić information content (AvgIpc) is 3.69. The zero-order valence-corrected chi connectivity index (χ0v) is 20.9. The van der Waals surface area contributed by atoms with Crippen LogP contribution in [0.25, 0.3) is 5.57 Å². The first-order chi connectivity index (χ1) is 16.8. The number of nitrogens with one attached hydrogen (secondary N) is 2. The van der Waals surface area contributed by atoms with Gasteiger partial charge in [0.2, 0.25) is 5.91 Å². The third-order valence-electron chi connectivity index (χ3n) is 6.84. The molecule has 35 heavy (non-hydrogen) atoms. The Balaban J connectivity index is 1.79. The molecular weight excluding hydrogens is 432 g/mol. The van der Waals surface area contributed by atoms with Gasteiger partial charge in [0.05, 0.1) is 11.5 Å². The minimum Gasteiger partial charge on any atom is -0.346 e. The number of rotatable bonds is 6. The molecule has 0 radical (unpaired) electrons. The number of pyridine rings is 1. The Morgan fingerprint density at radius 1 is 1.26 bits per heavy atom. The van der Waals surface area contributed by atoms with Crippen LogP contribution >= 0.6 is 0 Å². The molecule has 2 aromatic rings. The van der Waals surface area contributed by atoms with E-state index < -0.39 is 11.5 Å². The van der Waals surface area contributed by atoms with Crippen LogP contribution in [0, 0.1) is 17.3 Å². The van der Waals surface area contributed by atoms with Crippen molar-refractivity contribution in [1.29, 1.82) is 5.41 Å². The first-order valence-corrected chi connectivity index (χ1v) is 11.9. The Hall–Kier alpha value is -3.91. The van der Waals surface area contributed by atoms with Gasteiger partial charge in [-0.3, -0.25) is 20.1 Å². The van der Waals surface area contributed by atoms with Gasteiger partial charge in [0.1, 0.15) is 0 Å². The first kappa shape index (κ1) is 24.2. The van der Waals surface area contributed by atoms with Gasteiger partial charge in [0, 0.05) is 30.6 Å². The largest absolute Gasteiger partial charge is 0.346 e. The molecule has 5 nitrogen and oxygen atoms in total. The third-order valence-corrected chi connectivity index (χ3v) is 6.84. The summed E-state index contributed by atoms with van der Waals surface area (Å²) in [5, 5.41) is 11.8. The van der Waals surface area contributed by atoms with E-state index in [1.54, 1.807) is 26.4 Å². The summed E-state index contributed by atoms with van der Waals surface area (Å²) in [6.45, 7) is 10.0. The van der Waals surface area contributed by atoms with E-state index in [1.165, 1.54) is 23.3 Å². The quantitative estimate of drug-likeness (QED) is 0.445. The molecular formula is C30H32N4O. The molecule has 2 aliphatic rings. The fourth-order valence-corrected chi connectivity index (χ4v) is 4.69. The molecule has 2 fully saturated rings. The first-order valence-electron chi connectivity index (χ1n) is 11.9. The lowest BCUT2D eigenvalue weighted by atomic mass is 9.72. The minimum atomic E-state index is -0.856. The zero-order chi connectivity index (χ0) is 25.2. The summed E-state index contributed by atoms with van der Waals surface area (Å²) in [5.74, 6) is 6.03. The van der Waals surface area contributed by atoms with Gasteiger partial charge in [-0.05, 0) is 73.9 Å². The second-order valence-corrected chi connectivity index (χ2v) is 9.41. The van der Waals surface area contributed by atoms with E-state index in [-0.39, 0.29) is 11.9 Å². The highest BCUT2D eigenvalue weighted by Gasteiger charge is 2.48. The predicted octanol–water partition coefficient (Wildman–Crippen LogP) is 5.38. The van der Waals surface area contributed by atoms with Crippen molar-refractivity contribution in [2.75, 3.05) is 7.05 Å². The summed E-state index contributed by atoms with van der Waals surface area (Å²) in [6.07, 6.45) is 11.9. The normalized spacial score (nSPS) is 22.6. The number of carbonyl (C=O) groups excluding carboxylic acids is 1. The van der Waals surface area contributed by atoms with Gasteiger partial charge in [-0.2, -0.15) is 0 Å². The Morgan fingerprint density at radius 3 is 2.57 bits per heavy atom. The maximum absolute atomic E-state index is 13.6. The molecule has 2 atom stereocenters. The number of aromatic nitrogens is 1. The molecule has 1 aromatic carbocycles. The molecule has 1 saturated heterocycles. The Labute approximate surface area is 208 Å². The second kappa shape index (κ2) is 9.76. The van der Waals surface area contributed by atoms with Crippen molar-refractivity contribution < 1.29 is 4.79 Å². The molecule has 178 valence electrons. The highest BCUT2D eigenvalue weighted by molar-refractivity contribution is 6.03. The van der Waals surface area contributed by atoms with Crippen molar-refractivity contribution in [2.45, 2.75) is 51.0 Å². The highest BCUT2D eigenvalue weighted by Crippen LogP contribution is 2.43. The van der Waals surface area contributed by atoms with Crippen LogP contribution in [0.1, 0.15) is 67.7 Å². The summed E-state index contributed by atoms with van der Waals surface area (Å²) in [6, 6.07) is 10.4. The standard InChI is InChI=1S/C30H32N4O/c1-6-8-21-17-25(19-32-18-21)20(3)16-26(9-7-2)30(4)27(28(35)34(5)29(31)33-30)24-14-12-23(13-15-24)22-10-11-22/h7,9,12-19,22,27H,3,10-11H2,1-2,4-5H3,(H2,31,33)/b9-7-,26-16+/t27-,30+/m0/s1. The average molecular weight is 465 g/mol.